The number of methoxy groups -OCH3 is 1. The first kappa shape index (κ1) is 8.27. The van der Waals surface area contributed by atoms with Crippen LogP contribution in [-0.2, 0) is 4.74 Å². The molecule has 0 saturated carbocycles. The molecule has 0 saturated heterocycles. The zero-order valence-electron chi connectivity index (χ0n) is 5.81. The van der Waals surface area contributed by atoms with E-state index in [1.54, 1.807) is 0 Å². The number of hydrogen-bond donors (Lipinski definition) is 1. The van der Waals surface area contributed by atoms with E-state index in [9.17, 15) is 4.79 Å². The van der Waals surface area contributed by atoms with Crippen LogP contribution in [0.1, 0.15) is 6.92 Å². The van der Waals surface area contributed by atoms with Crippen LogP contribution in [0.5, 0.6) is 0 Å². The van der Waals surface area contributed by atoms with Crippen LogP contribution in [0.15, 0.2) is 0 Å². The second kappa shape index (κ2) is 4.18. The van der Waals surface area contributed by atoms with E-state index in [0.29, 0.717) is 6.54 Å². The first-order valence-corrected chi connectivity index (χ1v) is 2.81. The first-order valence-electron chi connectivity index (χ1n) is 2.81. The lowest BCUT2D eigenvalue weighted by Crippen LogP contribution is -2.26. The lowest BCUT2D eigenvalue weighted by Gasteiger charge is -2.04. The van der Waals surface area contributed by atoms with Gasteiger partial charge in [-0.05, 0) is 12.8 Å². The number of nitrogens with one attached hydrogen (secondary N) is 1. The maximum absolute atomic E-state index is 10.4. The molecule has 0 aromatic carbocycles. The van der Waals surface area contributed by atoms with Crippen LogP contribution >= 0.6 is 0 Å². The van der Waals surface area contributed by atoms with Gasteiger partial charge in [0.15, 0.2) is 0 Å². The fourth-order valence-corrected chi connectivity index (χ4v) is 0.330. The fourth-order valence-electron chi connectivity index (χ4n) is 0.330. The van der Waals surface area contributed by atoms with Gasteiger partial charge in [-0.25, -0.2) is 4.79 Å². The van der Waals surface area contributed by atoms with Crippen LogP contribution < -0.4 is 5.32 Å². The van der Waals surface area contributed by atoms with Crippen LogP contribution in [0.25, 0.3) is 0 Å². The number of carbonyl (C=O) groups excluding carboxylic acids is 1. The Balaban J connectivity index is 3.17. The van der Waals surface area contributed by atoms with Gasteiger partial charge in [0.2, 0.25) is 0 Å². The average Bonchev–Trinajstić information content (AvgIpc) is 1.83. The SMILES string of the molecule is [CH2][C@@H](C)CNC(=O)OC. The highest BCUT2D eigenvalue weighted by Gasteiger charge is 1.97. The van der Waals surface area contributed by atoms with Crippen molar-refractivity contribution in [1.29, 1.82) is 0 Å². The van der Waals surface area contributed by atoms with Crippen molar-refractivity contribution >= 4 is 6.09 Å². The Kier molecular flexibility index (Phi) is 3.84. The average molecular weight is 130 g/mol. The smallest absolute Gasteiger partial charge is 0.406 e. The largest absolute Gasteiger partial charge is 0.453 e. The number of hydrogen-bond acceptors (Lipinski definition) is 2. The minimum absolute atomic E-state index is 0.226. The van der Waals surface area contributed by atoms with Crippen LogP contribution in [0.3, 0.4) is 0 Å². The minimum atomic E-state index is -0.398. The van der Waals surface area contributed by atoms with Gasteiger partial charge in [0.1, 0.15) is 0 Å². The Bertz CT molecular complexity index is 91.1. The molecule has 53 valence electrons. The van der Waals surface area contributed by atoms with Gasteiger partial charge in [-0.2, -0.15) is 0 Å². The van der Waals surface area contributed by atoms with E-state index in [-0.39, 0.29) is 5.92 Å². The van der Waals surface area contributed by atoms with Crippen LogP contribution in [0, 0.1) is 12.8 Å². The summed E-state index contributed by atoms with van der Waals surface area (Å²) in [4.78, 5) is 10.4. The highest BCUT2D eigenvalue weighted by atomic mass is 16.5. The van der Waals surface area contributed by atoms with Crippen molar-refractivity contribution in [3.8, 4) is 0 Å². The Morgan fingerprint density at radius 2 is 2.44 bits per heavy atom. The lowest BCUT2D eigenvalue weighted by molar-refractivity contribution is 0.170. The molecule has 0 rings (SSSR count). The molecule has 1 N–H and O–H groups in total. The van der Waals surface area contributed by atoms with Crippen molar-refractivity contribution in [3.05, 3.63) is 6.92 Å². The number of alkyl carbamates (subject to hydrolysis) is 1. The molecule has 0 aromatic rings. The van der Waals surface area contributed by atoms with Crippen molar-refractivity contribution in [3.63, 3.8) is 0 Å². The molecule has 0 aliphatic rings. The molecule has 3 heteroatoms. The van der Waals surface area contributed by atoms with E-state index in [4.69, 9.17) is 0 Å². The number of ether oxygens (including phenoxy) is 1. The summed E-state index contributed by atoms with van der Waals surface area (Å²) in [6, 6.07) is 0. The zero-order chi connectivity index (χ0) is 7.28. The van der Waals surface area contributed by atoms with Gasteiger partial charge in [0.25, 0.3) is 0 Å². The van der Waals surface area contributed by atoms with Gasteiger partial charge in [-0.3, -0.25) is 0 Å². The first-order chi connectivity index (χ1) is 4.16. The second-order valence-electron chi connectivity index (χ2n) is 1.98. The molecule has 0 heterocycles. The third-order valence-corrected chi connectivity index (χ3v) is 0.780. The molecule has 3 nitrogen and oxygen atoms in total. The lowest BCUT2D eigenvalue weighted by atomic mass is 10.2. The Hall–Kier alpha value is -0.730. The fraction of sp³-hybridized carbons (Fsp3) is 0.667. The third-order valence-electron chi connectivity index (χ3n) is 0.780. The van der Waals surface area contributed by atoms with Gasteiger partial charge in [0, 0.05) is 6.54 Å². The molecule has 0 bridgehead atoms. The standard InChI is InChI=1S/C6H12NO2/c1-5(2)4-7-6(8)9-3/h5H,1,4H2,2-3H3,(H,7,8)/t5-/m0/s1. The highest BCUT2D eigenvalue weighted by molar-refractivity contribution is 5.66. The summed E-state index contributed by atoms with van der Waals surface area (Å²) in [7, 11) is 1.34. The summed E-state index contributed by atoms with van der Waals surface area (Å²) in [6.07, 6.45) is -0.398. The zero-order valence-corrected chi connectivity index (χ0v) is 5.81. The maximum atomic E-state index is 10.4. The molecule has 0 fully saturated rings. The van der Waals surface area contributed by atoms with Gasteiger partial charge in [-0.15, -0.1) is 0 Å². The van der Waals surface area contributed by atoms with Gasteiger partial charge in [0.05, 0.1) is 7.11 Å². The predicted octanol–water partition coefficient (Wildman–Crippen LogP) is 0.813. The van der Waals surface area contributed by atoms with Crippen molar-refractivity contribution in [2.45, 2.75) is 6.92 Å². The minimum Gasteiger partial charge on any atom is -0.453 e. The van der Waals surface area contributed by atoms with Gasteiger partial charge < -0.3 is 10.1 Å². The molecule has 1 amide bonds. The quantitative estimate of drug-likeness (QED) is 0.600. The van der Waals surface area contributed by atoms with Crippen LogP contribution in [-0.4, -0.2) is 19.7 Å². The summed E-state index contributed by atoms with van der Waals surface area (Å²) in [5, 5.41) is 2.51. The molecule has 0 spiro atoms. The predicted molar refractivity (Wildman–Crippen MR) is 34.9 cm³/mol. The van der Waals surface area contributed by atoms with Crippen LogP contribution in [0.2, 0.25) is 0 Å². The summed E-state index contributed by atoms with van der Waals surface area (Å²) >= 11 is 0. The van der Waals surface area contributed by atoms with E-state index in [2.05, 4.69) is 17.0 Å². The second-order valence-corrected chi connectivity index (χ2v) is 1.98. The molecule has 9 heavy (non-hydrogen) atoms. The highest BCUT2D eigenvalue weighted by Crippen LogP contribution is 1.85. The van der Waals surface area contributed by atoms with E-state index in [1.165, 1.54) is 7.11 Å². The van der Waals surface area contributed by atoms with Crippen molar-refractivity contribution in [1.82, 2.24) is 5.32 Å². The third kappa shape index (κ3) is 5.14. The summed E-state index contributed by atoms with van der Waals surface area (Å²) in [5.74, 6) is 0.226. The summed E-state index contributed by atoms with van der Waals surface area (Å²) < 4.78 is 4.32. The van der Waals surface area contributed by atoms with E-state index in [1.807, 2.05) is 6.92 Å². The topological polar surface area (TPSA) is 38.3 Å². The number of carbonyl (C=O) groups is 1. The monoisotopic (exact) mass is 130 g/mol. The molecular weight excluding hydrogens is 118 g/mol. The van der Waals surface area contributed by atoms with E-state index >= 15 is 0 Å². The Morgan fingerprint density at radius 3 is 2.78 bits per heavy atom. The van der Waals surface area contributed by atoms with E-state index < -0.39 is 6.09 Å². The van der Waals surface area contributed by atoms with Crippen LogP contribution in [0.4, 0.5) is 4.79 Å². The molecule has 0 aromatic heterocycles. The van der Waals surface area contributed by atoms with Gasteiger partial charge >= 0.3 is 6.09 Å². The molecule has 1 radical (unpaired) electrons. The van der Waals surface area contributed by atoms with Crippen molar-refractivity contribution in [2.75, 3.05) is 13.7 Å². The molecule has 1 atom stereocenters. The van der Waals surface area contributed by atoms with Crippen molar-refractivity contribution in [2.24, 2.45) is 5.92 Å². The number of rotatable bonds is 2. The van der Waals surface area contributed by atoms with E-state index in [0.717, 1.165) is 0 Å². The number of amides is 1. The Labute approximate surface area is 55.4 Å². The van der Waals surface area contributed by atoms with Crippen molar-refractivity contribution < 1.29 is 9.53 Å². The normalized spacial score (nSPS) is 9.33. The molecular formula is C6H12NO2. The van der Waals surface area contributed by atoms with Gasteiger partial charge in [-0.1, -0.05) is 6.92 Å². The maximum Gasteiger partial charge on any atom is 0.406 e. The Morgan fingerprint density at radius 1 is 1.89 bits per heavy atom. The summed E-state index contributed by atoms with van der Waals surface area (Å²) in [6.45, 7) is 6.15. The molecule has 0 aliphatic carbocycles. The summed E-state index contributed by atoms with van der Waals surface area (Å²) in [5.41, 5.74) is 0. The molecule has 0 unspecified atom stereocenters. The molecule has 0 aliphatic heterocycles.